The molecule has 0 aliphatic carbocycles. The normalized spacial score (nSPS) is 13.8. The van der Waals surface area contributed by atoms with Crippen LogP contribution in [0.5, 0.6) is 0 Å². The molecule has 0 amide bonds. The van der Waals surface area contributed by atoms with Crippen molar-refractivity contribution in [2.45, 2.75) is 11.8 Å². The van der Waals surface area contributed by atoms with Crippen molar-refractivity contribution in [1.82, 2.24) is 0 Å². The fourth-order valence-corrected chi connectivity index (χ4v) is 1.96. The minimum absolute atomic E-state index is 2.55. The Morgan fingerprint density at radius 1 is 0.810 bits per heavy atom. The van der Waals surface area contributed by atoms with E-state index in [0.29, 0.717) is 0 Å². The molecule has 0 fully saturated rings. The molecule has 0 aromatic heterocycles. The van der Waals surface area contributed by atoms with E-state index in [4.69, 9.17) is 9.11 Å². The number of hydrogen-bond acceptors (Lipinski definition) is 7. The first-order valence-electron chi connectivity index (χ1n) is 4.39. The lowest BCUT2D eigenvalue weighted by molar-refractivity contribution is -0.189. The van der Waals surface area contributed by atoms with Crippen molar-refractivity contribution >= 4 is 32.2 Å². The lowest BCUT2D eigenvalue weighted by Crippen LogP contribution is -2.44. The summed E-state index contributed by atoms with van der Waals surface area (Å²) in [6, 6.07) is 0. The van der Waals surface area contributed by atoms with E-state index in [9.17, 15) is 44.0 Å². The molecule has 0 bridgehead atoms. The summed E-state index contributed by atoms with van der Waals surface area (Å²) in [6.07, 6.45) is 0. The molecule has 21 heavy (non-hydrogen) atoms. The fourth-order valence-electron chi connectivity index (χ4n) is 0.810. The molecule has 0 aliphatic rings. The van der Waals surface area contributed by atoms with Crippen molar-refractivity contribution in [3.63, 3.8) is 0 Å². The van der Waals surface area contributed by atoms with Crippen molar-refractivity contribution < 1.29 is 57.8 Å². The second kappa shape index (κ2) is 5.82. The zero-order valence-electron chi connectivity index (χ0n) is 9.49. The van der Waals surface area contributed by atoms with Crippen molar-refractivity contribution in [2.75, 3.05) is 11.5 Å². The minimum atomic E-state index is -5.41. The Kier molecular flexibility index (Phi) is 5.45. The molecule has 15 heteroatoms. The van der Waals surface area contributed by atoms with Crippen molar-refractivity contribution in [3.8, 4) is 0 Å². The van der Waals surface area contributed by atoms with Crippen LogP contribution in [-0.2, 0) is 34.6 Å². The zero-order chi connectivity index (χ0) is 17.3. The molecular formula is C6H6F4O9S2. The van der Waals surface area contributed by atoms with Crippen LogP contribution < -0.4 is 0 Å². The number of rotatable bonds is 6. The second-order valence-corrected chi connectivity index (χ2v) is 6.44. The third kappa shape index (κ3) is 7.30. The van der Waals surface area contributed by atoms with Crippen LogP contribution in [0.15, 0.2) is 0 Å². The molecule has 124 valence electrons. The topological polar surface area (TPSA) is 152 Å². The molecule has 0 rings (SSSR count). The zero-order valence-corrected chi connectivity index (χ0v) is 11.1. The number of alkyl halides is 4. The molecule has 0 aliphatic heterocycles. The monoisotopic (exact) mass is 362 g/mol. The molecule has 9 nitrogen and oxygen atoms in total. The first-order chi connectivity index (χ1) is 8.96. The highest BCUT2D eigenvalue weighted by molar-refractivity contribution is 7.86. The fraction of sp³-hybridized carbons (Fsp3) is 0.667. The largest absolute Gasteiger partial charge is 0.386 e. The summed E-state index contributed by atoms with van der Waals surface area (Å²) in [5.74, 6) is -21.3. The molecule has 0 aromatic carbocycles. The minimum Gasteiger partial charge on any atom is -0.384 e. The molecular weight excluding hydrogens is 356 g/mol. The first-order valence-corrected chi connectivity index (χ1v) is 7.61. The van der Waals surface area contributed by atoms with Gasteiger partial charge in [0.15, 0.2) is 11.5 Å². The maximum Gasteiger partial charge on any atom is 0.386 e. The van der Waals surface area contributed by atoms with E-state index in [1.807, 2.05) is 0 Å². The predicted octanol–water partition coefficient (Wildman–Crippen LogP) is -0.898. The highest BCUT2D eigenvalue weighted by Crippen LogP contribution is 2.22. The van der Waals surface area contributed by atoms with Gasteiger partial charge in [0.2, 0.25) is 0 Å². The van der Waals surface area contributed by atoms with Gasteiger partial charge in [-0.25, -0.2) is 9.59 Å². The Labute approximate surface area is 114 Å². The summed E-state index contributed by atoms with van der Waals surface area (Å²) in [4.78, 5) is 21.3. The molecule has 0 heterocycles. The van der Waals surface area contributed by atoms with E-state index in [1.54, 1.807) is 0 Å². The summed E-state index contributed by atoms with van der Waals surface area (Å²) in [7, 11) is -10.8. The van der Waals surface area contributed by atoms with Crippen LogP contribution in [-0.4, -0.2) is 61.2 Å². The van der Waals surface area contributed by atoms with Crippen LogP contribution in [0.3, 0.4) is 0 Å². The van der Waals surface area contributed by atoms with E-state index in [0.717, 1.165) is 0 Å². The molecule has 0 saturated carbocycles. The first kappa shape index (κ1) is 19.7. The van der Waals surface area contributed by atoms with Gasteiger partial charge in [0.05, 0.1) is 0 Å². The number of halogens is 4. The second-order valence-electron chi connectivity index (χ2n) is 3.54. The highest BCUT2D eigenvalue weighted by Gasteiger charge is 2.51. The third-order valence-electron chi connectivity index (χ3n) is 1.51. The smallest absolute Gasteiger partial charge is 0.384 e. The molecule has 2 N–H and O–H groups in total. The highest BCUT2D eigenvalue weighted by atomic mass is 32.2. The molecule has 0 unspecified atom stereocenters. The molecule has 0 radical (unpaired) electrons. The maximum absolute atomic E-state index is 12.8. The average Bonchev–Trinajstić information content (AvgIpc) is 2.08. The summed E-state index contributed by atoms with van der Waals surface area (Å²) >= 11 is 0. The molecule has 0 saturated heterocycles. The number of hydrogen-bond donors (Lipinski definition) is 2. The van der Waals surface area contributed by atoms with Crippen LogP contribution in [0, 0.1) is 0 Å². The SMILES string of the molecule is O=C(OC(=O)C(F)(F)CS(=O)(=O)O)C(F)(F)CS(=O)(=O)O. The maximum atomic E-state index is 12.8. The van der Waals surface area contributed by atoms with E-state index in [2.05, 4.69) is 4.74 Å². The summed E-state index contributed by atoms with van der Waals surface area (Å²) in [6.45, 7) is 0. The molecule has 0 atom stereocenters. The Morgan fingerprint density at radius 2 is 1.05 bits per heavy atom. The van der Waals surface area contributed by atoms with Gasteiger partial charge in [0, 0.05) is 0 Å². The van der Waals surface area contributed by atoms with Crippen molar-refractivity contribution in [3.05, 3.63) is 0 Å². The molecule has 0 spiro atoms. The Balaban J connectivity index is 5.06. The summed E-state index contributed by atoms with van der Waals surface area (Å²) in [5.41, 5.74) is 0. The van der Waals surface area contributed by atoms with Crippen LogP contribution in [0.2, 0.25) is 0 Å². The van der Waals surface area contributed by atoms with Gasteiger partial charge in [0.1, 0.15) is 0 Å². The number of carbonyl (C=O) groups excluding carboxylic acids is 2. The van der Waals surface area contributed by atoms with Gasteiger partial charge in [-0.1, -0.05) is 0 Å². The standard InChI is InChI=1S/C6H6F4O9S2/c7-5(8,1-20(13,14)15)3(11)19-4(12)6(9,10)2-21(16,17)18/h1-2H2,(H,13,14,15)(H,16,17,18). The van der Waals surface area contributed by atoms with Gasteiger partial charge in [-0.2, -0.15) is 34.4 Å². The van der Waals surface area contributed by atoms with E-state index in [1.165, 1.54) is 0 Å². The van der Waals surface area contributed by atoms with Crippen molar-refractivity contribution in [2.24, 2.45) is 0 Å². The van der Waals surface area contributed by atoms with Gasteiger partial charge in [-0.15, -0.1) is 0 Å². The quantitative estimate of drug-likeness (QED) is 0.265. The van der Waals surface area contributed by atoms with Crippen molar-refractivity contribution in [1.29, 1.82) is 0 Å². The number of esters is 2. The third-order valence-corrected chi connectivity index (χ3v) is 2.96. The van der Waals surface area contributed by atoms with Gasteiger partial charge in [-0.05, 0) is 0 Å². The van der Waals surface area contributed by atoms with E-state index in [-0.39, 0.29) is 0 Å². The lowest BCUT2D eigenvalue weighted by Gasteiger charge is -2.16. The van der Waals surface area contributed by atoms with Gasteiger partial charge in [0.25, 0.3) is 20.2 Å². The van der Waals surface area contributed by atoms with Crippen LogP contribution >= 0.6 is 0 Å². The van der Waals surface area contributed by atoms with Gasteiger partial charge < -0.3 is 4.74 Å². The lowest BCUT2D eigenvalue weighted by atomic mass is 10.3. The van der Waals surface area contributed by atoms with Crippen LogP contribution in [0.1, 0.15) is 0 Å². The van der Waals surface area contributed by atoms with Gasteiger partial charge >= 0.3 is 23.8 Å². The van der Waals surface area contributed by atoms with E-state index >= 15 is 0 Å². The summed E-state index contributed by atoms with van der Waals surface area (Å²) < 4.78 is 111. The Bertz CT molecular complexity index is 579. The predicted molar refractivity (Wildman–Crippen MR) is 53.8 cm³/mol. The van der Waals surface area contributed by atoms with Crippen LogP contribution in [0.25, 0.3) is 0 Å². The van der Waals surface area contributed by atoms with E-state index < -0.39 is 55.5 Å². The van der Waals surface area contributed by atoms with Crippen LogP contribution in [0.4, 0.5) is 17.6 Å². The molecule has 0 aromatic rings. The van der Waals surface area contributed by atoms with Gasteiger partial charge in [-0.3, -0.25) is 9.11 Å². The Morgan fingerprint density at radius 3 is 1.24 bits per heavy atom. The average molecular weight is 362 g/mol. The number of ether oxygens (including phenoxy) is 1. The number of carbonyl (C=O) groups is 2. The summed E-state index contributed by atoms with van der Waals surface area (Å²) in [5, 5.41) is 0. The Hall–Kier alpha value is -1.32.